The summed E-state index contributed by atoms with van der Waals surface area (Å²) in [4.78, 5) is 4.74. The molecule has 0 unspecified atom stereocenters. The third-order valence-electron chi connectivity index (χ3n) is 3.55. The van der Waals surface area contributed by atoms with Crippen molar-refractivity contribution in [1.82, 2.24) is 4.98 Å². The van der Waals surface area contributed by atoms with Gasteiger partial charge >= 0.3 is 0 Å². The molecule has 2 rings (SSSR count). The van der Waals surface area contributed by atoms with Gasteiger partial charge in [-0.2, -0.15) is 0 Å². The van der Waals surface area contributed by atoms with Crippen LogP contribution in [-0.4, -0.2) is 13.1 Å². The fraction of sp³-hybridized carbons (Fsp3) is 0.389. The fourth-order valence-corrected chi connectivity index (χ4v) is 4.58. The molecule has 0 fully saturated rings. The van der Waals surface area contributed by atoms with Gasteiger partial charge in [0.15, 0.2) is 0 Å². The van der Waals surface area contributed by atoms with Crippen LogP contribution < -0.4 is 5.19 Å². The molecule has 0 radical (unpaired) electrons. The van der Waals surface area contributed by atoms with Crippen molar-refractivity contribution >= 4 is 29.2 Å². The quantitative estimate of drug-likeness (QED) is 0.677. The van der Waals surface area contributed by atoms with E-state index in [9.17, 15) is 0 Å². The molecule has 112 valence electrons. The Balaban J connectivity index is 2.51. The highest BCUT2D eigenvalue weighted by Gasteiger charge is 2.21. The van der Waals surface area contributed by atoms with Crippen LogP contribution >= 0.6 is 15.9 Å². The molecule has 0 N–H and O–H groups in total. The smallest absolute Gasteiger partial charge is 0.0799 e. The Morgan fingerprint density at radius 2 is 1.86 bits per heavy atom. The lowest BCUT2D eigenvalue weighted by molar-refractivity contribution is 0.649. The van der Waals surface area contributed by atoms with Gasteiger partial charge in [0.05, 0.1) is 13.8 Å². The van der Waals surface area contributed by atoms with Crippen LogP contribution in [0.15, 0.2) is 41.0 Å². The molecule has 3 heteroatoms. The molecule has 0 saturated heterocycles. The van der Waals surface area contributed by atoms with Crippen LogP contribution in [0, 0.1) is 5.92 Å². The molecule has 1 aromatic carbocycles. The van der Waals surface area contributed by atoms with Gasteiger partial charge in [0.1, 0.15) is 0 Å². The molecule has 1 nitrogen and oxygen atoms in total. The second-order valence-corrected chi connectivity index (χ2v) is 13.0. The topological polar surface area (TPSA) is 12.9 Å². The van der Waals surface area contributed by atoms with Crippen LogP contribution in [-0.2, 0) is 6.42 Å². The maximum Gasteiger partial charge on any atom is 0.0799 e. The number of pyridine rings is 1. The van der Waals surface area contributed by atoms with Gasteiger partial charge in [-0.15, -0.1) is 0 Å². The minimum Gasteiger partial charge on any atom is -0.256 e. The summed E-state index contributed by atoms with van der Waals surface area (Å²) < 4.78 is 1.10. The van der Waals surface area contributed by atoms with Crippen LogP contribution in [0.3, 0.4) is 0 Å². The number of benzene rings is 1. The number of halogens is 1. The zero-order valence-electron chi connectivity index (χ0n) is 13.6. The minimum atomic E-state index is -1.35. The van der Waals surface area contributed by atoms with E-state index in [1.807, 2.05) is 0 Å². The van der Waals surface area contributed by atoms with E-state index in [2.05, 4.69) is 85.9 Å². The van der Waals surface area contributed by atoms with E-state index >= 15 is 0 Å². The Hall–Kier alpha value is -0.933. The summed E-state index contributed by atoms with van der Waals surface area (Å²) in [5.74, 6) is 0.665. The second kappa shape index (κ2) is 6.45. The first-order valence-electron chi connectivity index (χ1n) is 7.52. The van der Waals surface area contributed by atoms with Crippen molar-refractivity contribution < 1.29 is 0 Å². The molecule has 0 aliphatic carbocycles. The molecule has 0 bridgehead atoms. The number of rotatable bonds is 4. The van der Waals surface area contributed by atoms with Gasteiger partial charge < -0.3 is 0 Å². The molecule has 0 atom stereocenters. The van der Waals surface area contributed by atoms with Gasteiger partial charge in [0.2, 0.25) is 0 Å². The number of aromatic nitrogens is 1. The Labute approximate surface area is 138 Å². The average Bonchev–Trinajstić information content (AvgIpc) is 2.36. The fourth-order valence-electron chi connectivity index (χ4n) is 2.59. The molecule has 2 aromatic rings. The molecule has 0 aliphatic heterocycles. The summed E-state index contributed by atoms with van der Waals surface area (Å²) in [5, 5.41) is 1.50. The maximum absolute atomic E-state index is 4.74. The zero-order valence-corrected chi connectivity index (χ0v) is 16.2. The summed E-state index contributed by atoms with van der Waals surface area (Å²) in [6.45, 7) is 11.8. The first-order valence-corrected chi connectivity index (χ1v) is 11.8. The SMILES string of the molecule is CC(C)Cc1cc(-c2cccc(Br)c2)ncc1[Si](C)(C)C. The third kappa shape index (κ3) is 4.27. The molecular weight excluding hydrogens is 338 g/mol. The highest BCUT2D eigenvalue weighted by Crippen LogP contribution is 2.23. The summed E-state index contributed by atoms with van der Waals surface area (Å²) in [6, 6.07) is 10.7. The highest BCUT2D eigenvalue weighted by molar-refractivity contribution is 9.10. The monoisotopic (exact) mass is 361 g/mol. The van der Waals surface area contributed by atoms with Crippen molar-refractivity contribution in [1.29, 1.82) is 0 Å². The zero-order chi connectivity index (χ0) is 15.6. The van der Waals surface area contributed by atoms with Crippen LogP contribution in [0.2, 0.25) is 19.6 Å². The predicted octanol–water partition coefficient (Wildman–Crippen LogP) is 5.25. The highest BCUT2D eigenvalue weighted by atomic mass is 79.9. The van der Waals surface area contributed by atoms with Gasteiger partial charge in [-0.3, -0.25) is 4.98 Å². The first kappa shape index (κ1) is 16.4. The van der Waals surface area contributed by atoms with E-state index in [0.717, 1.165) is 16.6 Å². The summed E-state index contributed by atoms with van der Waals surface area (Å²) in [5.41, 5.74) is 3.74. The van der Waals surface area contributed by atoms with E-state index in [4.69, 9.17) is 4.98 Å². The van der Waals surface area contributed by atoms with E-state index in [0.29, 0.717) is 5.92 Å². The summed E-state index contributed by atoms with van der Waals surface area (Å²) in [7, 11) is -1.35. The lowest BCUT2D eigenvalue weighted by Crippen LogP contribution is -2.40. The van der Waals surface area contributed by atoms with E-state index in [-0.39, 0.29) is 0 Å². The molecule has 0 spiro atoms. The Morgan fingerprint density at radius 1 is 1.14 bits per heavy atom. The van der Waals surface area contributed by atoms with Crippen molar-refractivity contribution in [3.8, 4) is 11.3 Å². The molecule has 1 heterocycles. The maximum atomic E-state index is 4.74. The minimum absolute atomic E-state index is 0.665. The van der Waals surface area contributed by atoms with Crippen LogP contribution in [0.4, 0.5) is 0 Å². The molecule has 0 aliphatic rings. The van der Waals surface area contributed by atoms with Crippen molar-refractivity contribution in [2.75, 3.05) is 0 Å². The van der Waals surface area contributed by atoms with Crippen molar-refractivity contribution in [3.63, 3.8) is 0 Å². The van der Waals surface area contributed by atoms with Gasteiger partial charge in [0, 0.05) is 16.2 Å². The summed E-state index contributed by atoms with van der Waals surface area (Å²) in [6.07, 6.45) is 3.25. The van der Waals surface area contributed by atoms with E-state index in [1.54, 1.807) is 0 Å². The number of hydrogen-bond acceptors (Lipinski definition) is 1. The Morgan fingerprint density at radius 3 is 2.43 bits per heavy atom. The Kier molecular flexibility index (Phi) is 5.05. The van der Waals surface area contributed by atoms with Crippen LogP contribution in [0.25, 0.3) is 11.3 Å². The molecule has 1 aromatic heterocycles. The molecule has 0 saturated carbocycles. The van der Waals surface area contributed by atoms with Gasteiger partial charge in [-0.25, -0.2) is 0 Å². The third-order valence-corrected chi connectivity index (χ3v) is 6.11. The number of hydrogen-bond donors (Lipinski definition) is 0. The van der Waals surface area contributed by atoms with Crippen molar-refractivity contribution in [2.24, 2.45) is 5.92 Å². The van der Waals surface area contributed by atoms with Crippen LogP contribution in [0.5, 0.6) is 0 Å². The predicted molar refractivity (Wildman–Crippen MR) is 98.9 cm³/mol. The summed E-state index contributed by atoms with van der Waals surface area (Å²) >= 11 is 3.54. The lowest BCUT2D eigenvalue weighted by Gasteiger charge is -2.22. The van der Waals surface area contributed by atoms with E-state index in [1.165, 1.54) is 16.3 Å². The van der Waals surface area contributed by atoms with Crippen molar-refractivity contribution in [2.45, 2.75) is 39.9 Å². The largest absolute Gasteiger partial charge is 0.256 e. The average molecular weight is 362 g/mol. The second-order valence-electron chi connectivity index (χ2n) is 7.09. The van der Waals surface area contributed by atoms with Gasteiger partial charge in [0.25, 0.3) is 0 Å². The van der Waals surface area contributed by atoms with Crippen LogP contribution in [0.1, 0.15) is 19.4 Å². The molecular formula is C18H24BrNSi. The Bertz CT molecular complexity index is 629. The normalized spacial score (nSPS) is 12.0. The lowest BCUT2D eigenvalue weighted by atomic mass is 10.0. The molecule has 21 heavy (non-hydrogen) atoms. The standard InChI is InChI=1S/C18H24BrNSi/c1-13(2)9-15-11-17(14-7-6-8-16(19)10-14)20-12-18(15)21(3,4)5/h6-8,10-13H,9H2,1-5H3. The van der Waals surface area contributed by atoms with Gasteiger partial charge in [-0.1, -0.05) is 61.6 Å². The van der Waals surface area contributed by atoms with Gasteiger partial charge in [-0.05, 0) is 41.3 Å². The van der Waals surface area contributed by atoms with Crippen molar-refractivity contribution in [3.05, 3.63) is 46.6 Å². The number of nitrogens with zero attached hydrogens (tertiary/aromatic N) is 1. The van der Waals surface area contributed by atoms with E-state index < -0.39 is 8.07 Å². The molecule has 0 amide bonds. The first-order chi connectivity index (χ1) is 9.77.